The van der Waals surface area contributed by atoms with Gasteiger partial charge < -0.3 is 20.3 Å². The van der Waals surface area contributed by atoms with Crippen molar-refractivity contribution in [3.05, 3.63) is 0 Å². The van der Waals surface area contributed by atoms with Crippen molar-refractivity contribution in [1.29, 1.82) is 0 Å². The van der Waals surface area contributed by atoms with Gasteiger partial charge in [0.25, 0.3) is 0 Å². The van der Waals surface area contributed by atoms with Gasteiger partial charge in [-0.05, 0) is 6.92 Å². The summed E-state index contributed by atoms with van der Waals surface area (Å²) in [4.78, 5) is 10.5. The highest BCUT2D eigenvalue weighted by molar-refractivity contribution is 9.10. The Morgan fingerprint density at radius 3 is 2.43 bits per heavy atom. The van der Waals surface area contributed by atoms with E-state index in [2.05, 4.69) is 26.0 Å². The highest BCUT2D eigenvalue weighted by Crippen LogP contribution is 2.05. The monoisotopic (exact) mass is 269 g/mol. The lowest BCUT2D eigenvalue weighted by molar-refractivity contribution is -0.139. The Morgan fingerprint density at radius 1 is 1.57 bits per heavy atom. The second-order valence-electron chi connectivity index (χ2n) is 3.25. The van der Waals surface area contributed by atoms with E-state index in [0.717, 1.165) is 0 Å². The number of aliphatic hydroxyl groups excluding tert-OH is 2. The van der Waals surface area contributed by atoms with Crippen LogP contribution in [-0.2, 0) is 9.53 Å². The van der Waals surface area contributed by atoms with Crippen LogP contribution in [0.3, 0.4) is 0 Å². The molecule has 0 spiro atoms. The summed E-state index contributed by atoms with van der Waals surface area (Å²) in [6.07, 6.45) is 0. The first-order chi connectivity index (χ1) is 6.49. The maximum absolute atomic E-state index is 11.0. The topological polar surface area (TPSA) is 78.8 Å². The molecule has 0 aliphatic carbocycles. The number of carbonyl (C=O) groups excluding carboxylic acids is 1. The zero-order chi connectivity index (χ0) is 11.2. The fraction of sp³-hybridized carbons (Fsp3) is 0.875. The van der Waals surface area contributed by atoms with Crippen molar-refractivity contribution in [1.82, 2.24) is 5.32 Å². The number of carbonyl (C=O) groups is 1. The van der Waals surface area contributed by atoms with E-state index < -0.39 is 16.3 Å². The van der Waals surface area contributed by atoms with E-state index in [-0.39, 0.29) is 19.8 Å². The lowest BCUT2D eigenvalue weighted by Crippen LogP contribution is -2.51. The summed E-state index contributed by atoms with van der Waals surface area (Å²) in [6.45, 7) is 1.53. The van der Waals surface area contributed by atoms with Crippen LogP contribution in [0, 0.1) is 0 Å². The molecular formula is C8H16BrNO4. The number of aliphatic hydroxyl groups is 2. The number of alkyl halides is 1. The van der Waals surface area contributed by atoms with E-state index in [1.54, 1.807) is 6.92 Å². The van der Waals surface area contributed by atoms with Crippen LogP contribution in [0.15, 0.2) is 0 Å². The summed E-state index contributed by atoms with van der Waals surface area (Å²) >= 11 is 3.11. The minimum atomic E-state index is -0.778. The lowest BCUT2D eigenvalue weighted by atomic mass is 10.1. The van der Waals surface area contributed by atoms with Gasteiger partial charge in [0.1, 0.15) is 4.83 Å². The Labute approximate surface area is 91.6 Å². The standard InChI is InChI=1S/C8H16BrNO4/c1-8(4-11,5-12)10-3-6(9)7(13)14-2/h6,10-12H,3-5H2,1-2H3. The molecule has 0 amide bonds. The quantitative estimate of drug-likeness (QED) is 0.437. The number of rotatable bonds is 6. The van der Waals surface area contributed by atoms with E-state index in [1.165, 1.54) is 7.11 Å². The van der Waals surface area contributed by atoms with Crippen molar-refractivity contribution >= 4 is 21.9 Å². The molecule has 0 radical (unpaired) electrons. The molecule has 0 saturated carbocycles. The van der Waals surface area contributed by atoms with Crippen molar-refractivity contribution < 1.29 is 19.7 Å². The van der Waals surface area contributed by atoms with Gasteiger partial charge in [-0.25, -0.2) is 0 Å². The molecule has 0 bridgehead atoms. The van der Waals surface area contributed by atoms with Gasteiger partial charge in [-0.3, -0.25) is 4.79 Å². The summed E-state index contributed by atoms with van der Waals surface area (Å²) in [7, 11) is 1.30. The van der Waals surface area contributed by atoms with Gasteiger partial charge in [0.2, 0.25) is 0 Å². The van der Waals surface area contributed by atoms with E-state index >= 15 is 0 Å². The SMILES string of the molecule is COC(=O)C(Br)CNC(C)(CO)CO. The molecule has 5 nitrogen and oxygen atoms in total. The van der Waals surface area contributed by atoms with Crippen LogP contribution in [-0.4, -0.2) is 53.4 Å². The minimum Gasteiger partial charge on any atom is -0.468 e. The van der Waals surface area contributed by atoms with Crippen LogP contribution in [0.4, 0.5) is 0 Å². The van der Waals surface area contributed by atoms with Gasteiger partial charge in [-0.15, -0.1) is 0 Å². The van der Waals surface area contributed by atoms with Gasteiger partial charge in [0.05, 0.1) is 25.9 Å². The predicted molar refractivity (Wildman–Crippen MR) is 55.3 cm³/mol. The predicted octanol–water partition coefficient (Wildman–Crippen LogP) is -0.744. The zero-order valence-corrected chi connectivity index (χ0v) is 9.87. The second-order valence-corrected chi connectivity index (χ2v) is 4.35. The maximum Gasteiger partial charge on any atom is 0.320 e. The van der Waals surface area contributed by atoms with Gasteiger partial charge in [0, 0.05) is 6.54 Å². The number of hydrogen-bond donors (Lipinski definition) is 3. The first kappa shape index (κ1) is 13.8. The molecule has 1 atom stereocenters. The summed E-state index contributed by atoms with van der Waals surface area (Å²) in [6, 6.07) is 0. The van der Waals surface area contributed by atoms with Crippen molar-refractivity contribution in [3.63, 3.8) is 0 Å². The smallest absolute Gasteiger partial charge is 0.320 e. The molecule has 14 heavy (non-hydrogen) atoms. The molecule has 0 aromatic heterocycles. The van der Waals surface area contributed by atoms with Crippen LogP contribution < -0.4 is 5.32 Å². The van der Waals surface area contributed by atoms with Gasteiger partial charge in [0.15, 0.2) is 0 Å². The summed E-state index contributed by atoms with van der Waals surface area (Å²) in [5.41, 5.74) is -0.778. The van der Waals surface area contributed by atoms with Crippen LogP contribution in [0.1, 0.15) is 6.92 Å². The Kier molecular flexibility index (Phi) is 6.26. The van der Waals surface area contributed by atoms with Crippen molar-refractivity contribution in [2.75, 3.05) is 26.9 Å². The lowest BCUT2D eigenvalue weighted by Gasteiger charge is -2.27. The highest BCUT2D eigenvalue weighted by atomic mass is 79.9. The second kappa shape index (κ2) is 6.34. The van der Waals surface area contributed by atoms with Crippen molar-refractivity contribution in [2.45, 2.75) is 17.3 Å². The molecule has 0 fully saturated rings. The molecule has 0 aliphatic rings. The van der Waals surface area contributed by atoms with Crippen molar-refractivity contribution in [3.8, 4) is 0 Å². The van der Waals surface area contributed by atoms with Gasteiger partial charge in [-0.2, -0.15) is 0 Å². The average Bonchev–Trinajstić information content (AvgIpc) is 2.24. The molecule has 0 rings (SSSR count). The molecule has 6 heteroatoms. The molecule has 0 saturated heterocycles. The number of hydrogen-bond acceptors (Lipinski definition) is 5. The molecule has 0 aromatic rings. The number of nitrogens with one attached hydrogen (secondary N) is 1. The van der Waals surface area contributed by atoms with E-state index in [9.17, 15) is 4.79 Å². The molecule has 3 N–H and O–H groups in total. The maximum atomic E-state index is 11.0. The Bertz CT molecular complexity index is 184. The normalized spacial score (nSPS) is 13.8. The number of methoxy groups -OCH3 is 1. The molecular weight excluding hydrogens is 254 g/mol. The van der Waals surface area contributed by atoms with Gasteiger partial charge >= 0.3 is 5.97 Å². The number of halogens is 1. The van der Waals surface area contributed by atoms with Crippen LogP contribution in [0.5, 0.6) is 0 Å². The van der Waals surface area contributed by atoms with Crippen LogP contribution >= 0.6 is 15.9 Å². The Balaban J connectivity index is 3.97. The number of esters is 1. The summed E-state index contributed by atoms with van der Waals surface area (Å²) in [5.74, 6) is -0.393. The van der Waals surface area contributed by atoms with Gasteiger partial charge in [-0.1, -0.05) is 15.9 Å². The molecule has 0 heterocycles. The summed E-state index contributed by atoms with van der Waals surface area (Å²) < 4.78 is 4.49. The first-order valence-electron chi connectivity index (χ1n) is 4.17. The molecule has 0 aromatic carbocycles. The fourth-order valence-electron chi connectivity index (χ4n) is 0.709. The molecule has 1 unspecified atom stereocenters. The van der Waals surface area contributed by atoms with E-state index in [4.69, 9.17) is 10.2 Å². The Hall–Kier alpha value is -0.170. The minimum absolute atomic E-state index is 0.204. The van der Waals surface area contributed by atoms with E-state index in [1.807, 2.05) is 0 Å². The third-order valence-electron chi connectivity index (χ3n) is 1.86. The van der Waals surface area contributed by atoms with Crippen LogP contribution in [0.2, 0.25) is 0 Å². The number of ether oxygens (including phenoxy) is 1. The molecule has 0 aliphatic heterocycles. The third kappa shape index (κ3) is 4.36. The first-order valence-corrected chi connectivity index (χ1v) is 5.09. The largest absolute Gasteiger partial charge is 0.468 e. The Morgan fingerprint density at radius 2 is 2.07 bits per heavy atom. The molecule has 84 valence electrons. The van der Waals surface area contributed by atoms with Crippen molar-refractivity contribution in [2.24, 2.45) is 0 Å². The van der Waals surface area contributed by atoms with E-state index in [0.29, 0.717) is 0 Å². The highest BCUT2D eigenvalue weighted by Gasteiger charge is 2.24. The fourth-order valence-corrected chi connectivity index (χ4v) is 1.06. The third-order valence-corrected chi connectivity index (χ3v) is 2.56. The average molecular weight is 270 g/mol. The summed E-state index contributed by atoms with van der Waals surface area (Å²) in [5, 5.41) is 20.7. The zero-order valence-electron chi connectivity index (χ0n) is 8.29. The van der Waals surface area contributed by atoms with Crippen LogP contribution in [0.25, 0.3) is 0 Å².